The molecule has 2 nitrogen and oxygen atoms in total. The van der Waals surface area contributed by atoms with Crippen molar-refractivity contribution >= 4 is 0 Å². The van der Waals surface area contributed by atoms with Gasteiger partial charge in [-0.05, 0) is 24.0 Å². The fraction of sp³-hybridized carbons (Fsp3) is 0.385. The van der Waals surface area contributed by atoms with E-state index in [-0.39, 0.29) is 0 Å². The highest BCUT2D eigenvalue weighted by atomic mass is 19.1. The third-order valence-corrected chi connectivity index (χ3v) is 2.78. The van der Waals surface area contributed by atoms with E-state index in [1.54, 1.807) is 5.01 Å². The van der Waals surface area contributed by atoms with Gasteiger partial charge in [-0.25, -0.2) is 5.01 Å². The van der Waals surface area contributed by atoms with Crippen LogP contribution in [0, 0.1) is 12.3 Å². The number of terminal acetylenes is 1. The van der Waals surface area contributed by atoms with E-state index in [0.29, 0.717) is 19.8 Å². The number of hydrogen-bond acceptors (Lipinski definition) is 2. The first-order valence-electron chi connectivity index (χ1n) is 5.23. The maximum atomic E-state index is 9.50. The molecule has 1 aromatic rings. The predicted molar refractivity (Wildman–Crippen MR) is 64.3 cm³/mol. The molecule has 0 bridgehead atoms. The van der Waals surface area contributed by atoms with E-state index in [0.717, 1.165) is 12.8 Å². The minimum atomic E-state index is 0.308. The fourth-order valence-corrected chi connectivity index (χ4v) is 2.09. The number of alkyl halides is 1. The first kappa shape index (κ1) is 12.7. The molecule has 0 aliphatic heterocycles. The van der Waals surface area contributed by atoms with Crippen molar-refractivity contribution in [1.29, 1.82) is 0 Å². The number of nitrogens with zero attached hydrogens (tertiary/aromatic N) is 1. The molecule has 1 aromatic carbocycles. The summed E-state index contributed by atoms with van der Waals surface area (Å²) in [5, 5.41) is 1.76. The van der Waals surface area contributed by atoms with Gasteiger partial charge < -0.3 is 0 Å². The van der Waals surface area contributed by atoms with Crippen molar-refractivity contribution in [3.63, 3.8) is 0 Å². The van der Waals surface area contributed by atoms with Crippen LogP contribution in [0.5, 0.6) is 0 Å². The van der Waals surface area contributed by atoms with Gasteiger partial charge in [0.1, 0.15) is 0 Å². The molecule has 0 heterocycles. The van der Waals surface area contributed by atoms with Crippen molar-refractivity contribution < 1.29 is 4.39 Å². The van der Waals surface area contributed by atoms with E-state index in [1.807, 2.05) is 0 Å². The predicted octanol–water partition coefficient (Wildman–Crippen LogP) is 2.07. The van der Waals surface area contributed by atoms with Crippen molar-refractivity contribution in [2.24, 2.45) is 5.84 Å². The van der Waals surface area contributed by atoms with E-state index in [2.05, 4.69) is 30.2 Å². The minimum absolute atomic E-state index is 0.308. The standard InChI is InChI=1S/C12H14N2.CH3F/c1-2-9-14(13)12-8-7-10-5-3-4-6-11(10)12;1-2/h1,3-6,12H,7-9,13H2;1H3. The van der Waals surface area contributed by atoms with E-state index >= 15 is 0 Å². The maximum absolute atomic E-state index is 9.50. The lowest BCUT2D eigenvalue weighted by Gasteiger charge is -2.22. The monoisotopic (exact) mass is 220 g/mol. The summed E-state index contributed by atoms with van der Waals surface area (Å²) in [7, 11) is 0.500. The van der Waals surface area contributed by atoms with Crippen LogP contribution in [0.1, 0.15) is 23.6 Å². The van der Waals surface area contributed by atoms with Gasteiger partial charge >= 0.3 is 0 Å². The summed E-state index contributed by atoms with van der Waals surface area (Å²) in [5.41, 5.74) is 2.75. The lowest BCUT2D eigenvalue weighted by Crippen LogP contribution is -2.34. The molecule has 1 aliphatic rings. The molecule has 0 spiro atoms. The molecule has 2 N–H and O–H groups in total. The summed E-state index contributed by atoms with van der Waals surface area (Å²) in [5.74, 6) is 8.47. The number of hydrazine groups is 1. The Kier molecular flexibility index (Phi) is 4.97. The average molecular weight is 220 g/mol. The molecule has 0 amide bonds. The SMILES string of the molecule is C#CCN(N)C1CCc2ccccc21.CF. The highest BCUT2D eigenvalue weighted by Crippen LogP contribution is 2.33. The van der Waals surface area contributed by atoms with Crippen LogP contribution in [0.4, 0.5) is 4.39 Å². The van der Waals surface area contributed by atoms with Crippen LogP contribution in [0.2, 0.25) is 0 Å². The summed E-state index contributed by atoms with van der Waals surface area (Å²) < 4.78 is 9.50. The highest BCUT2D eigenvalue weighted by Gasteiger charge is 2.25. The topological polar surface area (TPSA) is 29.3 Å². The van der Waals surface area contributed by atoms with Crippen molar-refractivity contribution in [3.8, 4) is 12.3 Å². The largest absolute Gasteiger partial charge is 0.267 e. The zero-order chi connectivity index (χ0) is 12.0. The first-order chi connectivity index (χ1) is 7.83. The lowest BCUT2D eigenvalue weighted by atomic mass is 10.1. The third-order valence-electron chi connectivity index (χ3n) is 2.78. The van der Waals surface area contributed by atoms with Gasteiger partial charge in [-0.3, -0.25) is 10.2 Å². The fourth-order valence-electron chi connectivity index (χ4n) is 2.09. The molecule has 1 unspecified atom stereocenters. The van der Waals surface area contributed by atoms with E-state index < -0.39 is 0 Å². The number of hydrogen-bond donors (Lipinski definition) is 1. The summed E-state index contributed by atoms with van der Waals surface area (Å²) in [6.07, 6.45) is 7.44. The van der Waals surface area contributed by atoms with Gasteiger partial charge in [-0.1, -0.05) is 30.2 Å². The number of rotatable bonds is 2. The van der Waals surface area contributed by atoms with Crippen LogP contribution in [0.25, 0.3) is 0 Å². The maximum Gasteiger partial charge on any atom is 0.0785 e. The van der Waals surface area contributed by atoms with Gasteiger partial charge in [0, 0.05) is 0 Å². The van der Waals surface area contributed by atoms with Crippen LogP contribution >= 0.6 is 0 Å². The Labute approximate surface area is 96.2 Å². The Morgan fingerprint density at radius 2 is 2.19 bits per heavy atom. The molecule has 16 heavy (non-hydrogen) atoms. The zero-order valence-corrected chi connectivity index (χ0v) is 9.49. The molecular formula is C13H17FN2. The Balaban J connectivity index is 0.000000606. The van der Waals surface area contributed by atoms with Crippen molar-refractivity contribution in [2.75, 3.05) is 13.7 Å². The molecule has 0 radical (unpaired) electrons. The molecule has 86 valence electrons. The molecule has 1 aliphatic carbocycles. The number of halogens is 1. The molecule has 3 heteroatoms. The highest BCUT2D eigenvalue weighted by molar-refractivity contribution is 5.34. The van der Waals surface area contributed by atoms with Gasteiger partial charge in [-0.15, -0.1) is 6.42 Å². The number of nitrogens with two attached hydrogens (primary N) is 1. The molecule has 0 aromatic heterocycles. The number of benzene rings is 1. The molecule has 2 rings (SSSR count). The van der Waals surface area contributed by atoms with Crippen LogP contribution in [0.3, 0.4) is 0 Å². The molecule has 0 fully saturated rings. The van der Waals surface area contributed by atoms with Crippen LogP contribution in [-0.4, -0.2) is 18.7 Å². The van der Waals surface area contributed by atoms with Gasteiger partial charge in [0.25, 0.3) is 0 Å². The summed E-state index contributed by atoms with van der Waals surface area (Å²) in [6, 6.07) is 8.74. The first-order valence-corrected chi connectivity index (χ1v) is 5.23. The Bertz CT molecular complexity index is 370. The van der Waals surface area contributed by atoms with E-state index in [1.165, 1.54) is 11.1 Å². The summed E-state index contributed by atoms with van der Waals surface area (Å²) in [6.45, 7) is 0.513. The summed E-state index contributed by atoms with van der Waals surface area (Å²) in [4.78, 5) is 0. The van der Waals surface area contributed by atoms with Gasteiger partial charge in [0.05, 0.1) is 19.8 Å². The van der Waals surface area contributed by atoms with Crippen molar-refractivity contribution in [2.45, 2.75) is 18.9 Å². The lowest BCUT2D eigenvalue weighted by molar-refractivity contribution is 0.228. The average Bonchev–Trinajstić information content (AvgIpc) is 2.76. The Hall–Kier alpha value is -1.37. The van der Waals surface area contributed by atoms with Crippen LogP contribution < -0.4 is 5.84 Å². The van der Waals surface area contributed by atoms with E-state index in [9.17, 15) is 4.39 Å². The normalized spacial score (nSPS) is 17.3. The molecule has 1 atom stereocenters. The number of aryl methyl sites for hydroxylation is 1. The molecule has 0 saturated carbocycles. The quantitative estimate of drug-likeness (QED) is 0.469. The van der Waals surface area contributed by atoms with Gasteiger partial charge in [-0.2, -0.15) is 0 Å². The second-order valence-electron chi connectivity index (χ2n) is 3.63. The van der Waals surface area contributed by atoms with Crippen molar-refractivity contribution in [3.05, 3.63) is 35.4 Å². The smallest absolute Gasteiger partial charge is 0.0785 e. The number of fused-ring (bicyclic) bond motifs is 1. The second-order valence-corrected chi connectivity index (χ2v) is 3.63. The van der Waals surface area contributed by atoms with Crippen LogP contribution in [0.15, 0.2) is 24.3 Å². The minimum Gasteiger partial charge on any atom is -0.267 e. The van der Waals surface area contributed by atoms with Crippen LogP contribution in [-0.2, 0) is 6.42 Å². The van der Waals surface area contributed by atoms with E-state index in [4.69, 9.17) is 12.3 Å². The van der Waals surface area contributed by atoms with Gasteiger partial charge in [0.15, 0.2) is 0 Å². The Morgan fingerprint density at radius 1 is 1.50 bits per heavy atom. The van der Waals surface area contributed by atoms with Gasteiger partial charge in [0.2, 0.25) is 0 Å². The third kappa shape index (κ3) is 2.60. The van der Waals surface area contributed by atoms with Crippen molar-refractivity contribution in [1.82, 2.24) is 5.01 Å². The zero-order valence-electron chi connectivity index (χ0n) is 9.49. The molecule has 0 saturated heterocycles. The molecular weight excluding hydrogens is 203 g/mol. The Morgan fingerprint density at radius 3 is 2.88 bits per heavy atom. The second kappa shape index (κ2) is 6.26. The summed E-state index contributed by atoms with van der Waals surface area (Å²) >= 11 is 0.